The van der Waals surface area contributed by atoms with Crippen molar-refractivity contribution in [1.29, 1.82) is 0 Å². The molecule has 1 saturated carbocycles. The van der Waals surface area contributed by atoms with Crippen LogP contribution in [0.1, 0.15) is 43.5 Å². The van der Waals surface area contributed by atoms with Crippen LogP contribution in [0.2, 0.25) is 0 Å². The van der Waals surface area contributed by atoms with Gasteiger partial charge < -0.3 is 10.6 Å². The molecule has 23 heavy (non-hydrogen) atoms. The second kappa shape index (κ2) is 7.08. The molecule has 0 aliphatic heterocycles. The van der Waals surface area contributed by atoms with E-state index in [0.717, 1.165) is 18.4 Å². The Bertz CT molecular complexity index is 674. The van der Waals surface area contributed by atoms with Crippen LogP contribution in [0.3, 0.4) is 0 Å². The number of carbonyl (C=O) groups is 2. The van der Waals surface area contributed by atoms with Crippen LogP contribution in [0, 0.1) is 0 Å². The number of thiazole rings is 1. The number of amides is 2. The van der Waals surface area contributed by atoms with Gasteiger partial charge in [0, 0.05) is 31.8 Å². The molecule has 2 N–H and O–H groups in total. The Hall–Kier alpha value is -1.95. The fourth-order valence-corrected chi connectivity index (χ4v) is 3.91. The molecule has 2 aromatic rings. The lowest BCUT2D eigenvalue weighted by Crippen LogP contribution is -2.43. The van der Waals surface area contributed by atoms with Crippen molar-refractivity contribution in [3.63, 3.8) is 0 Å². The third-order valence-corrected chi connectivity index (χ3v) is 5.32. The minimum Gasteiger partial charge on any atom is -0.356 e. The van der Waals surface area contributed by atoms with Gasteiger partial charge >= 0.3 is 0 Å². The minimum atomic E-state index is -0.0527. The molecule has 1 fully saturated rings. The summed E-state index contributed by atoms with van der Waals surface area (Å²) in [6.07, 6.45) is 3.08. The zero-order valence-corrected chi connectivity index (χ0v) is 14.0. The number of para-hydroxylation sites is 1. The second-order valence-electron chi connectivity index (χ2n) is 6.04. The molecule has 1 aromatic carbocycles. The smallest absolute Gasteiger partial charge is 0.220 e. The molecule has 0 atom stereocenters. The number of nitrogens with one attached hydrogen (secondary N) is 2. The number of hydrogen-bond acceptors (Lipinski definition) is 4. The number of fused-ring (bicyclic) bond motifs is 1. The number of nitrogens with zero attached hydrogens (tertiary/aromatic N) is 1. The molecule has 3 rings (SSSR count). The Kier molecular flexibility index (Phi) is 4.91. The molecule has 0 saturated heterocycles. The monoisotopic (exact) mass is 331 g/mol. The van der Waals surface area contributed by atoms with Crippen molar-refractivity contribution in [3.05, 3.63) is 29.3 Å². The molecular weight excluding hydrogens is 310 g/mol. The van der Waals surface area contributed by atoms with E-state index in [-0.39, 0.29) is 17.9 Å². The molecule has 5 nitrogen and oxygen atoms in total. The van der Waals surface area contributed by atoms with Crippen LogP contribution in [-0.4, -0.2) is 29.4 Å². The van der Waals surface area contributed by atoms with Crippen molar-refractivity contribution in [1.82, 2.24) is 15.6 Å². The first-order valence-electron chi connectivity index (χ1n) is 8.01. The van der Waals surface area contributed by atoms with Gasteiger partial charge in [-0.25, -0.2) is 4.98 Å². The number of carbonyl (C=O) groups excluding carboxylic acids is 2. The summed E-state index contributed by atoms with van der Waals surface area (Å²) in [5.41, 5.74) is 1.07. The van der Waals surface area contributed by atoms with Gasteiger partial charge in [0.15, 0.2) is 0 Å². The van der Waals surface area contributed by atoms with Gasteiger partial charge in [-0.05, 0) is 31.4 Å². The normalized spacial score (nSPS) is 20.0. The van der Waals surface area contributed by atoms with Crippen LogP contribution >= 0.6 is 11.3 Å². The van der Waals surface area contributed by atoms with Crippen molar-refractivity contribution in [3.8, 4) is 0 Å². The predicted octanol–water partition coefficient (Wildman–Crippen LogP) is 2.57. The molecular formula is C17H21N3O2S. The molecule has 2 amide bonds. The summed E-state index contributed by atoms with van der Waals surface area (Å²) >= 11 is 1.76. The van der Waals surface area contributed by atoms with E-state index in [0.29, 0.717) is 25.3 Å². The first-order chi connectivity index (χ1) is 11.1. The van der Waals surface area contributed by atoms with Crippen LogP contribution in [0.5, 0.6) is 0 Å². The van der Waals surface area contributed by atoms with E-state index >= 15 is 0 Å². The van der Waals surface area contributed by atoms with Crippen molar-refractivity contribution in [2.24, 2.45) is 0 Å². The van der Waals surface area contributed by atoms with Crippen LogP contribution in [0.4, 0.5) is 0 Å². The van der Waals surface area contributed by atoms with Crippen LogP contribution in [-0.2, 0) is 9.59 Å². The highest BCUT2D eigenvalue weighted by Gasteiger charge is 2.33. The summed E-state index contributed by atoms with van der Waals surface area (Å²) in [7, 11) is 0. The molecule has 122 valence electrons. The quantitative estimate of drug-likeness (QED) is 0.799. The maximum atomic E-state index is 11.8. The van der Waals surface area contributed by atoms with Crippen LogP contribution < -0.4 is 10.6 Å². The minimum absolute atomic E-state index is 0.0527. The summed E-state index contributed by atoms with van der Waals surface area (Å²) in [5.74, 6) is 0.489. The lowest BCUT2D eigenvalue weighted by Gasteiger charge is -2.34. The summed E-state index contributed by atoms with van der Waals surface area (Å²) in [6, 6.07) is 8.46. The summed E-state index contributed by atoms with van der Waals surface area (Å²) in [5, 5.41) is 6.94. The topological polar surface area (TPSA) is 71.1 Å². The average Bonchev–Trinajstić information content (AvgIpc) is 2.90. The highest BCUT2D eigenvalue weighted by Crippen LogP contribution is 2.40. The van der Waals surface area contributed by atoms with Gasteiger partial charge in [0.2, 0.25) is 11.8 Å². The van der Waals surface area contributed by atoms with Crippen molar-refractivity contribution in [2.75, 3.05) is 6.54 Å². The van der Waals surface area contributed by atoms with Gasteiger partial charge in [0.1, 0.15) is 0 Å². The number of hydrogen-bond donors (Lipinski definition) is 2. The van der Waals surface area contributed by atoms with Gasteiger partial charge in [0.05, 0.1) is 15.2 Å². The summed E-state index contributed by atoms with van der Waals surface area (Å²) in [4.78, 5) is 27.3. The Labute approximate surface area is 139 Å². The third kappa shape index (κ3) is 4.07. The standard InChI is InChI=1S/C17H21N3O2S/c1-11(21)18-8-4-7-16(22)19-13-9-12(10-13)17-20-14-5-2-3-6-15(14)23-17/h2-3,5-6,12-13H,4,7-10H2,1H3,(H,18,21)(H,19,22). The maximum absolute atomic E-state index is 11.8. The van der Waals surface area contributed by atoms with E-state index in [4.69, 9.17) is 4.98 Å². The highest BCUT2D eigenvalue weighted by molar-refractivity contribution is 7.18. The van der Waals surface area contributed by atoms with E-state index < -0.39 is 0 Å². The van der Waals surface area contributed by atoms with Crippen molar-refractivity contribution >= 4 is 33.4 Å². The summed E-state index contributed by atoms with van der Waals surface area (Å²) < 4.78 is 1.23. The Morgan fingerprint density at radius 3 is 2.83 bits per heavy atom. The first kappa shape index (κ1) is 15.9. The van der Waals surface area contributed by atoms with Gasteiger partial charge in [-0.3, -0.25) is 9.59 Å². The molecule has 0 spiro atoms. The SMILES string of the molecule is CC(=O)NCCCC(=O)NC1CC(c2nc3ccccc3s2)C1. The molecule has 6 heteroatoms. The number of rotatable bonds is 6. The summed E-state index contributed by atoms with van der Waals surface area (Å²) in [6.45, 7) is 2.04. The van der Waals surface area contributed by atoms with E-state index in [9.17, 15) is 9.59 Å². The number of aromatic nitrogens is 1. The second-order valence-corrected chi connectivity index (χ2v) is 7.10. The predicted molar refractivity (Wildman–Crippen MR) is 91.4 cm³/mol. The Balaban J connectivity index is 1.40. The molecule has 0 radical (unpaired) electrons. The molecule has 1 heterocycles. The molecule has 1 aromatic heterocycles. The van der Waals surface area contributed by atoms with Crippen LogP contribution in [0.15, 0.2) is 24.3 Å². The Morgan fingerprint density at radius 2 is 2.09 bits per heavy atom. The van der Waals surface area contributed by atoms with Crippen molar-refractivity contribution < 1.29 is 9.59 Å². The zero-order chi connectivity index (χ0) is 16.2. The first-order valence-corrected chi connectivity index (χ1v) is 8.83. The molecule has 0 bridgehead atoms. The maximum Gasteiger partial charge on any atom is 0.220 e. The van der Waals surface area contributed by atoms with Gasteiger partial charge in [-0.15, -0.1) is 11.3 Å². The van der Waals surface area contributed by atoms with Crippen molar-refractivity contribution in [2.45, 2.75) is 44.6 Å². The van der Waals surface area contributed by atoms with Crippen LogP contribution in [0.25, 0.3) is 10.2 Å². The van der Waals surface area contributed by atoms with E-state index in [1.807, 2.05) is 18.2 Å². The molecule has 1 aliphatic rings. The lowest BCUT2D eigenvalue weighted by atomic mass is 9.80. The van der Waals surface area contributed by atoms with Gasteiger partial charge in [0.25, 0.3) is 0 Å². The van der Waals surface area contributed by atoms with E-state index in [1.165, 1.54) is 16.6 Å². The van der Waals surface area contributed by atoms with E-state index in [1.54, 1.807) is 11.3 Å². The number of benzene rings is 1. The van der Waals surface area contributed by atoms with Gasteiger partial charge in [-0.1, -0.05) is 12.1 Å². The fourth-order valence-electron chi connectivity index (χ4n) is 2.82. The van der Waals surface area contributed by atoms with Gasteiger partial charge in [-0.2, -0.15) is 0 Å². The third-order valence-electron chi connectivity index (χ3n) is 4.12. The molecule has 1 aliphatic carbocycles. The van der Waals surface area contributed by atoms with E-state index in [2.05, 4.69) is 16.7 Å². The zero-order valence-electron chi connectivity index (χ0n) is 13.2. The fraction of sp³-hybridized carbons (Fsp3) is 0.471. The Morgan fingerprint density at radius 1 is 1.30 bits per heavy atom. The molecule has 0 unspecified atom stereocenters. The highest BCUT2D eigenvalue weighted by atomic mass is 32.1. The lowest BCUT2D eigenvalue weighted by molar-refractivity contribution is -0.123. The average molecular weight is 331 g/mol. The largest absolute Gasteiger partial charge is 0.356 e.